The summed E-state index contributed by atoms with van der Waals surface area (Å²) < 4.78 is 5.81. The maximum absolute atomic E-state index is 12.8. The Morgan fingerprint density at radius 1 is 1.08 bits per heavy atom. The average Bonchev–Trinajstić information content (AvgIpc) is 3.52. The lowest BCUT2D eigenvalue weighted by Crippen LogP contribution is -2.45. The Bertz CT molecular complexity index is 738. The van der Waals surface area contributed by atoms with E-state index in [0.29, 0.717) is 23.1 Å². The molecule has 0 radical (unpaired) electrons. The van der Waals surface area contributed by atoms with Gasteiger partial charge in [0.15, 0.2) is 0 Å². The van der Waals surface area contributed by atoms with E-state index in [0.717, 1.165) is 38.4 Å². The molecule has 2 aromatic rings. The van der Waals surface area contributed by atoms with Gasteiger partial charge in [0.05, 0.1) is 0 Å². The van der Waals surface area contributed by atoms with E-state index in [4.69, 9.17) is 4.74 Å². The zero-order valence-corrected chi connectivity index (χ0v) is 14.9. The van der Waals surface area contributed by atoms with Gasteiger partial charge in [-0.25, -0.2) is 0 Å². The fraction of sp³-hybridized carbons (Fsp3) is 0.429. The second-order valence-electron chi connectivity index (χ2n) is 7.23. The SMILES string of the molecule is O=C(c1cccc(Oc2ccncc2)c1)N1CCC(NCC2CC2)CC1. The number of benzene rings is 1. The lowest BCUT2D eigenvalue weighted by Gasteiger charge is -2.32. The summed E-state index contributed by atoms with van der Waals surface area (Å²) in [6, 6.07) is 11.6. The molecule has 0 spiro atoms. The highest BCUT2D eigenvalue weighted by Crippen LogP contribution is 2.28. The van der Waals surface area contributed by atoms with E-state index in [-0.39, 0.29) is 5.91 Å². The summed E-state index contributed by atoms with van der Waals surface area (Å²) in [4.78, 5) is 18.8. The molecule has 0 bridgehead atoms. The molecule has 2 aliphatic rings. The van der Waals surface area contributed by atoms with Crippen molar-refractivity contribution in [2.24, 2.45) is 5.92 Å². The zero-order valence-electron chi connectivity index (χ0n) is 14.9. The number of amides is 1. The van der Waals surface area contributed by atoms with Gasteiger partial charge in [0.2, 0.25) is 0 Å². The highest BCUT2D eigenvalue weighted by atomic mass is 16.5. The monoisotopic (exact) mass is 351 g/mol. The first-order valence-electron chi connectivity index (χ1n) is 9.48. The van der Waals surface area contributed by atoms with Crippen LogP contribution in [0.5, 0.6) is 11.5 Å². The minimum Gasteiger partial charge on any atom is -0.457 e. The van der Waals surface area contributed by atoms with Crippen LogP contribution in [0.15, 0.2) is 48.8 Å². The van der Waals surface area contributed by atoms with Gasteiger partial charge in [0.25, 0.3) is 5.91 Å². The van der Waals surface area contributed by atoms with Crippen molar-refractivity contribution in [3.63, 3.8) is 0 Å². The molecule has 5 nitrogen and oxygen atoms in total. The molecule has 136 valence electrons. The van der Waals surface area contributed by atoms with Crippen LogP contribution in [0.2, 0.25) is 0 Å². The number of ether oxygens (including phenoxy) is 1. The number of aromatic nitrogens is 1. The predicted octanol–water partition coefficient (Wildman–Crippen LogP) is 3.48. The van der Waals surface area contributed by atoms with Gasteiger partial charge in [-0.15, -0.1) is 0 Å². The molecule has 2 fully saturated rings. The van der Waals surface area contributed by atoms with Gasteiger partial charge in [-0.2, -0.15) is 0 Å². The zero-order chi connectivity index (χ0) is 17.8. The van der Waals surface area contributed by atoms with Gasteiger partial charge in [-0.05, 0) is 68.5 Å². The van der Waals surface area contributed by atoms with Crippen LogP contribution in [0.25, 0.3) is 0 Å². The molecule has 1 aliphatic carbocycles. The Balaban J connectivity index is 1.33. The molecule has 0 atom stereocenters. The number of hydrogen-bond donors (Lipinski definition) is 1. The van der Waals surface area contributed by atoms with Crippen LogP contribution in [-0.2, 0) is 0 Å². The quantitative estimate of drug-likeness (QED) is 0.866. The fourth-order valence-corrected chi connectivity index (χ4v) is 3.36. The molecular formula is C21H25N3O2. The molecular weight excluding hydrogens is 326 g/mol. The summed E-state index contributed by atoms with van der Waals surface area (Å²) in [5.41, 5.74) is 0.681. The third kappa shape index (κ3) is 4.41. The van der Waals surface area contributed by atoms with E-state index in [2.05, 4.69) is 10.3 Å². The van der Waals surface area contributed by atoms with Crippen molar-refractivity contribution in [3.05, 3.63) is 54.4 Å². The van der Waals surface area contributed by atoms with Crippen molar-refractivity contribution < 1.29 is 9.53 Å². The maximum Gasteiger partial charge on any atom is 0.253 e. The first-order valence-corrected chi connectivity index (χ1v) is 9.48. The summed E-state index contributed by atoms with van der Waals surface area (Å²) in [5.74, 6) is 2.37. The molecule has 1 N–H and O–H groups in total. The fourth-order valence-electron chi connectivity index (χ4n) is 3.36. The average molecular weight is 351 g/mol. The summed E-state index contributed by atoms with van der Waals surface area (Å²) in [6.45, 7) is 2.78. The summed E-state index contributed by atoms with van der Waals surface area (Å²) in [5, 5.41) is 3.66. The van der Waals surface area contributed by atoms with E-state index < -0.39 is 0 Å². The van der Waals surface area contributed by atoms with E-state index in [1.165, 1.54) is 12.8 Å². The van der Waals surface area contributed by atoms with Gasteiger partial charge in [-0.1, -0.05) is 6.07 Å². The Labute approximate surface area is 154 Å². The van der Waals surface area contributed by atoms with E-state index in [9.17, 15) is 4.79 Å². The van der Waals surface area contributed by atoms with Crippen LogP contribution in [0.3, 0.4) is 0 Å². The Hall–Kier alpha value is -2.40. The first-order chi connectivity index (χ1) is 12.8. The number of likely N-dealkylation sites (tertiary alicyclic amines) is 1. The van der Waals surface area contributed by atoms with Crippen molar-refractivity contribution >= 4 is 5.91 Å². The number of carbonyl (C=O) groups is 1. The third-order valence-corrected chi connectivity index (χ3v) is 5.14. The van der Waals surface area contributed by atoms with Gasteiger partial charge >= 0.3 is 0 Å². The highest BCUT2D eigenvalue weighted by molar-refractivity contribution is 5.94. The summed E-state index contributed by atoms with van der Waals surface area (Å²) in [6.07, 6.45) is 8.19. The molecule has 5 heteroatoms. The first kappa shape index (κ1) is 17.0. The highest BCUT2D eigenvalue weighted by Gasteiger charge is 2.26. The molecule has 1 aromatic heterocycles. The molecule has 1 aromatic carbocycles. The third-order valence-electron chi connectivity index (χ3n) is 5.14. The van der Waals surface area contributed by atoms with E-state index in [1.807, 2.05) is 29.2 Å². The molecule has 4 rings (SSSR count). The number of nitrogens with zero attached hydrogens (tertiary/aromatic N) is 2. The van der Waals surface area contributed by atoms with Gasteiger partial charge < -0.3 is 15.0 Å². The second-order valence-corrected chi connectivity index (χ2v) is 7.23. The topological polar surface area (TPSA) is 54.5 Å². The summed E-state index contributed by atoms with van der Waals surface area (Å²) >= 11 is 0. The van der Waals surface area contributed by atoms with E-state index in [1.54, 1.807) is 24.5 Å². The standard InChI is InChI=1S/C21H25N3O2/c25-21(24-12-8-18(9-13-24)23-15-16-4-5-16)17-2-1-3-20(14-17)26-19-6-10-22-11-7-19/h1-3,6-7,10-11,14,16,18,23H,4-5,8-9,12-13,15H2. The molecule has 0 unspecified atom stereocenters. The van der Waals surface area contributed by atoms with Gasteiger partial charge in [0.1, 0.15) is 11.5 Å². The number of pyridine rings is 1. The Morgan fingerprint density at radius 2 is 1.85 bits per heavy atom. The van der Waals surface area contributed by atoms with Gasteiger partial charge in [0, 0.05) is 37.1 Å². The number of nitrogens with one attached hydrogen (secondary N) is 1. The van der Waals surface area contributed by atoms with Crippen molar-refractivity contribution in [1.29, 1.82) is 0 Å². The lowest BCUT2D eigenvalue weighted by molar-refractivity contribution is 0.0704. The smallest absolute Gasteiger partial charge is 0.253 e. The Morgan fingerprint density at radius 3 is 2.58 bits per heavy atom. The van der Waals surface area contributed by atoms with Crippen LogP contribution in [-0.4, -0.2) is 41.5 Å². The molecule has 2 heterocycles. The van der Waals surface area contributed by atoms with Crippen molar-refractivity contribution in [2.75, 3.05) is 19.6 Å². The van der Waals surface area contributed by atoms with Crippen molar-refractivity contribution in [3.8, 4) is 11.5 Å². The largest absolute Gasteiger partial charge is 0.457 e. The summed E-state index contributed by atoms with van der Waals surface area (Å²) in [7, 11) is 0. The minimum atomic E-state index is 0.0887. The van der Waals surface area contributed by atoms with Crippen molar-refractivity contribution in [1.82, 2.24) is 15.2 Å². The lowest BCUT2D eigenvalue weighted by atomic mass is 10.0. The molecule has 1 aliphatic heterocycles. The number of piperidine rings is 1. The Kier molecular flexibility index (Phi) is 5.16. The molecule has 1 saturated heterocycles. The predicted molar refractivity (Wildman–Crippen MR) is 100 cm³/mol. The van der Waals surface area contributed by atoms with E-state index >= 15 is 0 Å². The normalized spacial score (nSPS) is 17.9. The molecule has 1 saturated carbocycles. The van der Waals surface area contributed by atoms with Crippen molar-refractivity contribution in [2.45, 2.75) is 31.7 Å². The van der Waals surface area contributed by atoms with Crippen LogP contribution in [0.1, 0.15) is 36.0 Å². The maximum atomic E-state index is 12.8. The molecule has 26 heavy (non-hydrogen) atoms. The van der Waals surface area contributed by atoms with Crippen LogP contribution < -0.4 is 10.1 Å². The second kappa shape index (κ2) is 7.87. The van der Waals surface area contributed by atoms with Gasteiger partial charge in [-0.3, -0.25) is 9.78 Å². The van der Waals surface area contributed by atoms with Crippen LogP contribution in [0.4, 0.5) is 0 Å². The number of carbonyl (C=O) groups excluding carboxylic acids is 1. The molecule has 1 amide bonds. The number of rotatable bonds is 6. The minimum absolute atomic E-state index is 0.0887. The van der Waals surface area contributed by atoms with Crippen LogP contribution in [0, 0.1) is 5.92 Å². The van der Waals surface area contributed by atoms with Crippen LogP contribution >= 0.6 is 0 Å². The number of hydrogen-bond acceptors (Lipinski definition) is 4.